The van der Waals surface area contributed by atoms with E-state index in [0.717, 1.165) is 55.5 Å². The predicted molar refractivity (Wildman–Crippen MR) is 121 cm³/mol. The van der Waals surface area contributed by atoms with Gasteiger partial charge in [0, 0.05) is 48.6 Å². The fourth-order valence-corrected chi connectivity index (χ4v) is 4.46. The van der Waals surface area contributed by atoms with E-state index in [4.69, 9.17) is 4.74 Å². The van der Waals surface area contributed by atoms with Gasteiger partial charge in [0.15, 0.2) is 0 Å². The van der Waals surface area contributed by atoms with E-state index < -0.39 is 6.10 Å². The Balaban J connectivity index is 1.34. The molecule has 2 aliphatic heterocycles. The molecule has 0 bridgehead atoms. The Bertz CT molecular complexity index is 911. The molecule has 4 rings (SSSR count). The SMILES string of the molecule is COc1ccc2cccc(C(O)CN3CCCC(CNCC4=NC=CCC4)C3)c2n1. The molecule has 2 unspecified atom stereocenters. The van der Waals surface area contributed by atoms with Gasteiger partial charge in [0.05, 0.1) is 18.7 Å². The number of fused-ring (bicyclic) bond motifs is 1. The number of hydrogen-bond acceptors (Lipinski definition) is 6. The molecule has 1 fully saturated rings. The number of aromatic nitrogens is 1. The summed E-state index contributed by atoms with van der Waals surface area (Å²) in [6.07, 6.45) is 8.05. The maximum atomic E-state index is 11.0. The van der Waals surface area contributed by atoms with Gasteiger partial charge in [-0.25, -0.2) is 4.98 Å². The molecular weight excluding hydrogens is 376 g/mol. The molecule has 1 aromatic carbocycles. The third kappa shape index (κ3) is 5.25. The van der Waals surface area contributed by atoms with Crippen LogP contribution in [0.3, 0.4) is 0 Å². The van der Waals surface area contributed by atoms with E-state index in [1.807, 2.05) is 36.5 Å². The van der Waals surface area contributed by atoms with Crippen LogP contribution in [0.4, 0.5) is 0 Å². The van der Waals surface area contributed by atoms with Gasteiger partial charge < -0.3 is 20.1 Å². The molecule has 2 aliphatic rings. The van der Waals surface area contributed by atoms with Crippen LogP contribution in [0.5, 0.6) is 5.88 Å². The van der Waals surface area contributed by atoms with Crippen molar-refractivity contribution in [3.8, 4) is 5.88 Å². The van der Waals surface area contributed by atoms with E-state index in [2.05, 4.69) is 26.3 Å². The van der Waals surface area contributed by atoms with Crippen LogP contribution in [0.2, 0.25) is 0 Å². The maximum absolute atomic E-state index is 11.0. The summed E-state index contributed by atoms with van der Waals surface area (Å²) in [7, 11) is 1.62. The molecule has 3 heterocycles. The number of pyridine rings is 1. The number of methoxy groups -OCH3 is 1. The second kappa shape index (κ2) is 10.2. The highest BCUT2D eigenvalue weighted by Crippen LogP contribution is 2.27. The zero-order valence-corrected chi connectivity index (χ0v) is 17.8. The van der Waals surface area contributed by atoms with Crippen molar-refractivity contribution in [2.24, 2.45) is 10.9 Å². The van der Waals surface area contributed by atoms with Gasteiger partial charge >= 0.3 is 0 Å². The van der Waals surface area contributed by atoms with Gasteiger partial charge in [-0.15, -0.1) is 0 Å². The summed E-state index contributed by atoms with van der Waals surface area (Å²) in [5, 5.41) is 15.6. The van der Waals surface area contributed by atoms with Crippen LogP contribution in [0, 0.1) is 5.92 Å². The van der Waals surface area contributed by atoms with Gasteiger partial charge in [-0.3, -0.25) is 4.99 Å². The number of benzene rings is 1. The Morgan fingerprint density at radius 1 is 1.30 bits per heavy atom. The van der Waals surface area contributed by atoms with Crippen LogP contribution in [0.15, 0.2) is 47.6 Å². The topological polar surface area (TPSA) is 70.0 Å². The van der Waals surface area contributed by atoms with Crippen LogP contribution in [-0.4, -0.2) is 60.5 Å². The van der Waals surface area contributed by atoms with E-state index >= 15 is 0 Å². The van der Waals surface area contributed by atoms with Crippen molar-refractivity contribution < 1.29 is 9.84 Å². The van der Waals surface area contributed by atoms with Crippen LogP contribution >= 0.6 is 0 Å². The predicted octanol–water partition coefficient (Wildman–Crippen LogP) is 3.33. The lowest BCUT2D eigenvalue weighted by atomic mass is 9.96. The molecule has 2 N–H and O–H groups in total. The number of allylic oxidation sites excluding steroid dienone is 1. The van der Waals surface area contributed by atoms with Gasteiger partial charge in [-0.1, -0.05) is 24.3 Å². The first-order valence-electron chi connectivity index (χ1n) is 11.0. The van der Waals surface area contributed by atoms with Crippen molar-refractivity contribution >= 4 is 16.6 Å². The largest absolute Gasteiger partial charge is 0.481 e. The van der Waals surface area contributed by atoms with E-state index in [1.165, 1.54) is 18.6 Å². The molecule has 0 saturated carbocycles. The van der Waals surface area contributed by atoms with Crippen LogP contribution < -0.4 is 10.1 Å². The number of β-amino-alcohol motifs (C(OH)–C–C–N with tert-alkyl or cyclic N) is 1. The number of piperidine rings is 1. The second-order valence-corrected chi connectivity index (χ2v) is 8.31. The Labute approximate surface area is 178 Å². The summed E-state index contributed by atoms with van der Waals surface area (Å²) in [6, 6.07) is 9.83. The first-order valence-corrected chi connectivity index (χ1v) is 11.0. The summed E-state index contributed by atoms with van der Waals surface area (Å²) in [6.45, 7) is 4.56. The van der Waals surface area contributed by atoms with Crippen molar-refractivity contribution in [2.45, 2.75) is 31.8 Å². The first kappa shape index (κ1) is 21.0. The maximum Gasteiger partial charge on any atom is 0.213 e. The standard InChI is InChI=1S/C24H32N4O2/c1-30-23-11-10-19-7-4-9-21(24(19)27-23)22(29)17-28-13-5-6-18(16-28)14-25-15-20-8-2-3-12-26-20/h3-4,7,9-12,18,22,25,29H,2,5-6,8,13-17H2,1H3. The average Bonchev–Trinajstić information content (AvgIpc) is 2.79. The third-order valence-corrected chi connectivity index (χ3v) is 6.05. The Hall–Kier alpha value is -2.28. The first-order chi connectivity index (χ1) is 14.7. The number of para-hydroxylation sites is 1. The fourth-order valence-electron chi connectivity index (χ4n) is 4.46. The highest BCUT2D eigenvalue weighted by atomic mass is 16.5. The monoisotopic (exact) mass is 408 g/mol. The van der Waals surface area contributed by atoms with E-state index in [-0.39, 0.29) is 0 Å². The van der Waals surface area contributed by atoms with E-state index in [1.54, 1.807) is 7.11 Å². The summed E-state index contributed by atoms with van der Waals surface area (Å²) in [5.74, 6) is 1.18. The van der Waals surface area contributed by atoms with Gasteiger partial charge in [0.2, 0.25) is 5.88 Å². The van der Waals surface area contributed by atoms with Crippen molar-refractivity contribution in [3.63, 3.8) is 0 Å². The third-order valence-electron chi connectivity index (χ3n) is 6.05. The lowest BCUT2D eigenvalue weighted by Crippen LogP contribution is -2.42. The van der Waals surface area contributed by atoms with Gasteiger partial charge in [-0.2, -0.15) is 0 Å². The molecule has 0 aliphatic carbocycles. The number of aliphatic hydroxyl groups excluding tert-OH is 1. The molecule has 0 spiro atoms. The van der Waals surface area contributed by atoms with Gasteiger partial charge in [0.25, 0.3) is 0 Å². The van der Waals surface area contributed by atoms with Crippen molar-refractivity contribution in [2.75, 3.05) is 39.8 Å². The molecule has 0 radical (unpaired) electrons. The van der Waals surface area contributed by atoms with Crippen LogP contribution in [-0.2, 0) is 0 Å². The van der Waals surface area contributed by atoms with Crippen molar-refractivity contribution in [3.05, 3.63) is 48.2 Å². The Kier molecular flexibility index (Phi) is 7.10. The quantitative estimate of drug-likeness (QED) is 0.701. The number of ether oxygens (including phenoxy) is 1. The number of hydrogen-bond donors (Lipinski definition) is 2. The number of nitrogens with one attached hydrogen (secondary N) is 1. The number of rotatable bonds is 8. The molecule has 30 heavy (non-hydrogen) atoms. The Morgan fingerprint density at radius 3 is 3.07 bits per heavy atom. The summed E-state index contributed by atoms with van der Waals surface area (Å²) in [5.41, 5.74) is 2.94. The molecule has 6 nitrogen and oxygen atoms in total. The second-order valence-electron chi connectivity index (χ2n) is 8.31. The summed E-state index contributed by atoms with van der Waals surface area (Å²) < 4.78 is 5.28. The van der Waals surface area contributed by atoms with Crippen molar-refractivity contribution in [1.82, 2.24) is 15.2 Å². The molecule has 1 aromatic heterocycles. The minimum Gasteiger partial charge on any atom is -0.481 e. The molecule has 1 saturated heterocycles. The molecule has 0 amide bonds. The number of aliphatic hydroxyl groups is 1. The smallest absolute Gasteiger partial charge is 0.213 e. The Morgan fingerprint density at radius 2 is 2.23 bits per heavy atom. The summed E-state index contributed by atoms with van der Waals surface area (Å²) >= 11 is 0. The van der Waals surface area contributed by atoms with Crippen LogP contribution in [0.1, 0.15) is 37.4 Å². The minimum atomic E-state index is -0.566. The normalized spacial score (nSPS) is 20.9. The zero-order chi connectivity index (χ0) is 20.8. The number of nitrogens with zero attached hydrogens (tertiary/aromatic N) is 3. The van der Waals surface area contributed by atoms with Gasteiger partial charge in [0.1, 0.15) is 0 Å². The zero-order valence-electron chi connectivity index (χ0n) is 17.8. The number of likely N-dealkylation sites (tertiary alicyclic amines) is 1. The molecule has 2 aromatic rings. The lowest BCUT2D eigenvalue weighted by molar-refractivity contribution is 0.0851. The van der Waals surface area contributed by atoms with E-state index in [9.17, 15) is 5.11 Å². The lowest BCUT2D eigenvalue weighted by Gasteiger charge is -2.34. The van der Waals surface area contributed by atoms with Crippen molar-refractivity contribution in [1.29, 1.82) is 0 Å². The van der Waals surface area contributed by atoms with Gasteiger partial charge in [-0.05, 0) is 50.8 Å². The fraction of sp³-hybridized carbons (Fsp3) is 0.500. The molecule has 6 heteroatoms. The summed E-state index contributed by atoms with van der Waals surface area (Å²) in [4.78, 5) is 11.4. The molecule has 160 valence electrons. The number of aliphatic imine (C=N–C) groups is 1. The molecule has 2 atom stereocenters. The highest BCUT2D eigenvalue weighted by molar-refractivity contribution is 5.87. The molecular formula is C24H32N4O2. The highest BCUT2D eigenvalue weighted by Gasteiger charge is 2.23. The minimum absolute atomic E-state index is 0.566. The van der Waals surface area contributed by atoms with E-state index in [0.29, 0.717) is 18.3 Å². The van der Waals surface area contributed by atoms with Crippen LogP contribution in [0.25, 0.3) is 10.9 Å². The average molecular weight is 409 g/mol.